The van der Waals surface area contributed by atoms with E-state index in [9.17, 15) is 9.59 Å². The number of hydrogen-bond acceptors (Lipinski definition) is 4. The van der Waals surface area contributed by atoms with Gasteiger partial charge < -0.3 is 21.2 Å². The SMILES string of the molecule is N/C(CCNC(=O)c1ccc(=O)[nH]c1)=N/O. The topological polar surface area (TPSA) is 121 Å². The Morgan fingerprint density at radius 3 is 2.88 bits per heavy atom. The van der Waals surface area contributed by atoms with Gasteiger partial charge in [-0.05, 0) is 6.07 Å². The number of H-pyrrole nitrogens is 1. The Bertz CT molecular complexity index is 432. The number of carbonyl (C=O) groups excluding carboxylic acids is 1. The zero-order valence-electron chi connectivity index (χ0n) is 8.43. The molecule has 0 saturated carbocycles. The van der Waals surface area contributed by atoms with Gasteiger partial charge in [-0.15, -0.1) is 0 Å². The number of aromatic amines is 1. The summed E-state index contributed by atoms with van der Waals surface area (Å²) in [6, 6.07) is 2.68. The molecule has 0 aromatic carbocycles. The van der Waals surface area contributed by atoms with Crippen molar-refractivity contribution in [2.24, 2.45) is 10.9 Å². The quantitative estimate of drug-likeness (QED) is 0.232. The molecule has 0 spiro atoms. The highest BCUT2D eigenvalue weighted by Gasteiger charge is 2.04. The molecule has 0 saturated heterocycles. The second-order valence-electron chi connectivity index (χ2n) is 3.04. The third kappa shape index (κ3) is 3.45. The van der Waals surface area contributed by atoms with Crippen LogP contribution in [-0.4, -0.2) is 28.5 Å². The number of amides is 1. The number of nitrogens with two attached hydrogens (primary N) is 1. The zero-order valence-corrected chi connectivity index (χ0v) is 8.43. The van der Waals surface area contributed by atoms with Crippen LogP contribution in [0.5, 0.6) is 0 Å². The van der Waals surface area contributed by atoms with E-state index in [1.807, 2.05) is 0 Å². The Labute approximate surface area is 91.0 Å². The van der Waals surface area contributed by atoms with Crippen LogP contribution in [0, 0.1) is 0 Å². The number of hydrogen-bond donors (Lipinski definition) is 4. The van der Waals surface area contributed by atoms with Crippen molar-refractivity contribution >= 4 is 11.7 Å². The van der Waals surface area contributed by atoms with E-state index in [0.29, 0.717) is 5.56 Å². The average Bonchev–Trinajstić information content (AvgIpc) is 2.29. The molecule has 0 unspecified atom stereocenters. The number of nitrogens with zero attached hydrogens (tertiary/aromatic N) is 1. The third-order valence-electron chi connectivity index (χ3n) is 1.84. The number of carbonyl (C=O) groups is 1. The summed E-state index contributed by atoms with van der Waals surface area (Å²) in [7, 11) is 0. The number of oxime groups is 1. The van der Waals surface area contributed by atoms with Gasteiger partial charge in [0, 0.05) is 25.2 Å². The predicted molar refractivity (Wildman–Crippen MR) is 57.4 cm³/mol. The van der Waals surface area contributed by atoms with E-state index in [2.05, 4.69) is 15.5 Å². The molecule has 0 aliphatic carbocycles. The van der Waals surface area contributed by atoms with Crippen LogP contribution in [0.1, 0.15) is 16.8 Å². The van der Waals surface area contributed by atoms with E-state index in [1.165, 1.54) is 18.3 Å². The molecule has 0 aliphatic heterocycles. The van der Waals surface area contributed by atoms with Gasteiger partial charge >= 0.3 is 0 Å². The second-order valence-corrected chi connectivity index (χ2v) is 3.04. The number of aromatic nitrogens is 1. The molecule has 0 radical (unpaired) electrons. The van der Waals surface area contributed by atoms with Crippen LogP contribution < -0.4 is 16.6 Å². The smallest absolute Gasteiger partial charge is 0.252 e. The molecule has 7 nitrogen and oxygen atoms in total. The summed E-state index contributed by atoms with van der Waals surface area (Å²) in [5, 5.41) is 13.6. The molecule has 0 bridgehead atoms. The van der Waals surface area contributed by atoms with Gasteiger partial charge in [0.1, 0.15) is 5.84 Å². The number of rotatable bonds is 4. The van der Waals surface area contributed by atoms with Crippen LogP contribution in [0.15, 0.2) is 28.3 Å². The van der Waals surface area contributed by atoms with Crippen LogP contribution in [0.4, 0.5) is 0 Å². The maximum atomic E-state index is 11.4. The van der Waals surface area contributed by atoms with Crippen LogP contribution in [-0.2, 0) is 0 Å². The highest BCUT2D eigenvalue weighted by Crippen LogP contribution is 1.92. The molecular weight excluding hydrogens is 212 g/mol. The van der Waals surface area contributed by atoms with E-state index in [0.717, 1.165) is 0 Å². The monoisotopic (exact) mass is 224 g/mol. The van der Waals surface area contributed by atoms with E-state index >= 15 is 0 Å². The summed E-state index contributed by atoms with van der Waals surface area (Å²) in [5.74, 6) is -0.288. The fourth-order valence-corrected chi connectivity index (χ4v) is 1.01. The Morgan fingerprint density at radius 1 is 1.56 bits per heavy atom. The van der Waals surface area contributed by atoms with Crippen LogP contribution in [0.2, 0.25) is 0 Å². The van der Waals surface area contributed by atoms with E-state index in [-0.39, 0.29) is 30.3 Å². The van der Waals surface area contributed by atoms with Gasteiger partial charge in [0.25, 0.3) is 5.91 Å². The van der Waals surface area contributed by atoms with Gasteiger partial charge in [-0.1, -0.05) is 5.16 Å². The Morgan fingerprint density at radius 2 is 2.31 bits per heavy atom. The van der Waals surface area contributed by atoms with Gasteiger partial charge in [0.2, 0.25) is 5.56 Å². The molecule has 0 atom stereocenters. The molecule has 0 aliphatic rings. The lowest BCUT2D eigenvalue weighted by Gasteiger charge is -2.03. The molecule has 7 heteroatoms. The first-order valence-electron chi connectivity index (χ1n) is 4.57. The molecule has 1 rings (SSSR count). The minimum atomic E-state index is -0.331. The first-order valence-corrected chi connectivity index (χ1v) is 4.57. The third-order valence-corrected chi connectivity index (χ3v) is 1.84. The van der Waals surface area contributed by atoms with Crippen LogP contribution >= 0.6 is 0 Å². The predicted octanol–water partition coefficient (Wildman–Crippen LogP) is -0.759. The average molecular weight is 224 g/mol. The van der Waals surface area contributed by atoms with E-state index in [1.54, 1.807) is 0 Å². The summed E-state index contributed by atoms with van der Waals surface area (Å²) in [5.41, 5.74) is 5.30. The van der Waals surface area contributed by atoms with Crippen molar-refractivity contribution < 1.29 is 10.0 Å². The highest BCUT2D eigenvalue weighted by molar-refractivity contribution is 5.94. The van der Waals surface area contributed by atoms with Crippen molar-refractivity contribution in [3.8, 4) is 0 Å². The van der Waals surface area contributed by atoms with Gasteiger partial charge in [-0.3, -0.25) is 9.59 Å². The molecule has 1 aromatic rings. The van der Waals surface area contributed by atoms with Gasteiger partial charge in [0.05, 0.1) is 5.56 Å². The minimum Gasteiger partial charge on any atom is -0.409 e. The number of nitrogens with one attached hydrogen (secondary N) is 2. The molecule has 1 aromatic heterocycles. The lowest BCUT2D eigenvalue weighted by atomic mass is 10.2. The lowest BCUT2D eigenvalue weighted by molar-refractivity contribution is 0.0954. The van der Waals surface area contributed by atoms with Gasteiger partial charge in [-0.25, -0.2) is 0 Å². The fraction of sp³-hybridized carbons (Fsp3) is 0.222. The Kier molecular flexibility index (Phi) is 4.07. The second kappa shape index (κ2) is 5.54. The fourth-order valence-electron chi connectivity index (χ4n) is 1.01. The zero-order chi connectivity index (χ0) is 12.0. The standard InChI is InChI=1S/C9H12N4O3/c10-7(13-16)3-4-11-9(15)6-1-2-8(14)12-5-6/h1-2,5,16H,3-4H2,(H2,10,13)(H,11,15)(H,12,14). The van der Waals surface area contributed by atoms with Gasteiger partial charge in [0.15, 0.2) is 0 Å². The number of pyridine rings is 1. The summed E-state index contributed by atoms with van der Waals surface area (Å²) in [6.45, 7) is 0.258. The maximum Gasteiger partial charge on any atom is 0.252 e. The highest BCUT2D eigenvalue weighted by atomic mass is 16.4. The molecule has 1 amide bonds. The summed E-state index contributed by atoms with van der Waals surface area (Å²) >= 11 is 0. The summed E-state index contributed by atoms with van der Waals surface area (Å²) in [6.07, 6.45) is 1.58. The normalized spacial score (nSPS) is 11.1. The van der Waals surface area contributed by atoms with Crippen LogP contribution in [0.25, 0.3) is 0 Å². The first-order chi connectivity index (χ1) is 7.63. The van der Waals surface area contributed by atoms with Crippen LogP contribution in [0.3, 0.4) is 0 Å². The molecule has 0 fully saturated rings. The molecule has 5 N–H and O–H groups in total. The summed E-state index contributed by atoms with van der Waals surface area (Å²) < 4.78 is 0. The van der Waals surface area contributed by atoms with E-state index in [4.69, 9.17) is 10.9 Å². The van der Waals surface area contributed by atoms with Crippen molar-refractivity contribution in [3.63, 3.8) is 0 Å². The molecule has 16 heavy (non-hydrogen) atoms. The van der Waals surface area contributed by atoms with Gasteiger partial charge in [-0.2, -0.15) is 0 Å². The first kappa shape index (κ1) is 11.8. The summed E-state index contributed by atoms with van der Waals surface area (Å²) in [4.78, 5) is 24.6. The Balaban J connectivity index is 2.47. The van der Waals surface area contributed by atoms with Crippen molar-refractivity contribution in [2.75, 3.05) is 6.54 Å². The Hall–Kier alpha value is -2.31. The largest absolute Gasteiger partial charge is 0.409 e. The molecular formula is C9H12N4O3. The van der Waals surface area contributed by atoms with E-state index < -0.39 is 0 Å². The van der Waals surface area contributed by atoms with Crippen molar-refractivity contribution in [1.29, 1.82) is 0 Å². The maximum absolute atomic E-state index is 11.4. The lowest BCUT2D eigenvalue weighted by Crippen LogP contribution is -2.28. The van der Waals surface area contributed by atoms with Crippen molar-refractivity contribution in [2.45, 2.75) is 6.42 Å². The minimum absolute atomic E-state index is 0.0433. The van der Waals surface area contributed by atoms with Crippen molar-refractivity contribution in [1.82, 2.24) is 10.3 Å². The molecule has 1 heterocycles. The molecule has 86 valence electrons. The van der Waals surface area contributed by atoms with Crippen molar-refractivity contribution in [3.05, 3.63) is 34.2 Å². The number of amidine groups is 1.